The zero-order chi connectivity index (χ0) is 29.0. The van der Waals surface area contributed by atoms with Crippen LogP contribution >= 0.6 is 0 Å². The van der Waals surface area contributed by atoms with E-state index in [0.29, 0.717) is 0 Å². The molecule has 0 aliphatic carbocycles. The smallest absolute Gasteiger partial charge is 0.187 e. The van der Waals surface area contributed by atoms with Crippen LogP contribution in [0.2, 0.25) is 0 Å². The molecule has 0 aromatic heterocycles. The van der Waals surface area contributed by atoms with Gasteiger partial charge < -0.3 is 89.7 Å². The highest BCUT2D eigenvalue weighted by molar-refractivity contribution is 4.96. The largest absolute Gasteiger partial charge is 0.394 e. The molecule has 0 spiro atoms. The van der Waals surface area contributed by atoms with Crippen molar-refractivity contribution in [1.82, 2.24) is 0 Å². The van der Waals surface area contributed by atoms with Gasteiger partial charge in [-0.2, -0.15) is 0 Å². The summed E-state index contributed by atoms with van der Waals surface area (Å²) in [5.74, 6) is 0. The monoisotopic (exact) mass is 578 g/mol. The number of aliphatic hydroxyl groups is 12. The van der Waals surface area contributed by atoms with E-state index in [1.54, 1.807) is 0 Å². The van der Waals surface area contributed by atoms with Crippen LogP contribution in [-0.4, -0.2) is 193 Å². The van der Waals surface area contributed by atoms with Crippen molar-refractivity contribution in [3.63, 3.8) is 0 Å². The Bertz CT molecular complexity index is 731. The van der Waals surface area contributed by atoms with Crippen LogP contribution in [0.4, 0.5) is 0 Å². The minimum absolute atomic E-state index is 0.543. The van der Waals surface area contributed by atoms with Crippen molar-refractivity contribution in [1.29, 1.82) is 0 Å². The third-order valence-corrected chi connectivity index (χ3v) is 6.74. The molecule has 3 saturated heterocycles. The van der Waals surface area contributed by atoms with Crippen molar-refractivity contribution in [2.24, 2.45) is 0 Å². The zero-order valence-corrected chi connectivity index (χ0v) is 20.6. The highest BCUT2D eigenvalue weighted by atomic mass is 16.8. The summed E-state index contributed by atoms with van der Waals surface area (Å²) in [5.41, 5.74) is 0. The van der Waals surface area contributed by atoms with E-state index in [9.17, 15) is 56.2 Å². The number of rotatable bonds is 11. The predicted molar refractivity (Wildman–Crippen MR) is 118 cm³/mol. The van der Waals surface area contributed by atoms with Gasteiger partial charge in [-0.3, -0.25) is 0 Å². The Balaban J connectivity index is 1.86. The van der Waals surface area contributed by atoms with Gasteiger partial charge in [-0.05, 0) is 0 Å². The molecule has 0 aromatic carbocycles. The van der Waals surface area contributed by atoms with Crippen molar-refractivity contribution in [3.05, 3.63) is 0 Å². The van der Waals surface area contributed by atoms with Crippen LogP contribution in [0, 0.1) is 0 Å². The number of aliphatic hydroxyl groups excluding tert-OH is 12. The van der Waals surface area contributed by atoms with E-state index >= 15 is 0 Å². The van der Waals surface area contributed by atoms with Crippen molar-refractivity contribution in [3.8, 4) is 0 Å². The van der Waals surface area contributed by atoms with Gasteiger partial charge in [0.1, 0.15) is 79.4 Å². The van der Waals surface area contributed by atoms with Gasteiger partial charge in [0.15, 0.2) is 18.9 Å². The van der Waals surface area contributed by atoms with E-state index in [4.69, 9.17) is 33.5 Å². The first-order valence-electron chi connectivity index (χ1n) is 12.3. The fourth-order valence-corrected chi connectivity index (χ4v) is 4.39. The van der Waals surface area contributed by atoms with Gasteiger partial charge in [0.25, 0.3) is 0 Å². The Morgan fingerprint density at radius 1 is 0.513 bits per heavy atom. The van der Waals surface area contributed by atoms with Crippen LogP contribution in [0.5, 0.6) is 0 Å². The summed E-state index contributed by atoms with van der Waals surface area (Å²) in [6, 6.07) is 0. The highest BCUT2D eigenvalue weighted by Crippen LogP contribution is 2.33. The Morgan fingerprint density at radius 2 is 0.923 bits per heavy atom. The molecule has 0 amide bonds. The fraction of sp³-hybridized carbons (Fsp3) is 1.00. The van der Waals surface area contributed by atoms with Gasteiger partial charge in [-0.1, -0.05) is 0 Å². The molecule has 18 nitrogen and oxygen atoms in total. The summed E-state index contributed by atoms with van der Waals surface area (Å²) >= 11 is 0. The molecule has 1 unspecified atom stereocenters. The first-order valence-corrected chi connectivity index (χ1v) is 12.3. The maximum absolute atomic E-state index is 10.8. The molecule has 0 aromatic rings. The molecule has 3 rings (SSSR count). The molecule has 18 heteroatoms. The Morgan fingerprint density at radius 3 is 1.41 bits per heavy atom. The van der Waals surface area contributed by atoms with Crippen molar-refractivity contribution in [2.75, 3.05) is 33.0 Å². The van der Waals surface area contributed by atoms with Crippen LogP contribution in [0.1, 0.15) is 0 Å². The number of hydrogen-bond acceptors (Lipinski definition) is 18. The quantitative estimate of drug-likeness (QED) is 0.108. The molecule has 12 N–H and O–H groups in total. The Hall–Kier alpha value is -0.720. The molecule has 16 atom stereocenters. The molecule has 0 saturated carbocycles. The average Bonchev–Trinajstić information content (AvgIpc) is 2.93. The number of hydrogen-bond donors (Lipinski definition) is 12. The maximum Gasteiger partial charge on any atom is 0.187 e. The first kappa shape index (κ1) is 32.8. The second-order valence-corrected chi connectivity index (χ2v) is 9.48. The highest BCUT2D eigenvalue weighted by Gasteiger charge is 2.54. The maximum atomic E-state index is 10.8. The summed E-state index contributed by atoms with van der Waals surface area (Å²) in [5, 5.41) is 120. The molecule has 230 valence electrons. The van der Waals surface area contributed by atoms with Gasteiger partial charge in [-0.15, -0.1) is 0 Å². The van der Waals surface area contributed by atoms with Crippen LogP contribution in [-0.2, 0) is 28.4 Å². The SMILES string of the molecule is OCC(O)CO[C@@H]1O[C@H](CO)[C@H](O)[C@H](O)[C@H]1O[C@@H]1O[C@H](CO)[C@H](O)[C@H](O)[C@H]1O[C@@H]1O[C@H](CO)[C@H](O)[C@H](O)[C@H]1O. The molecule has 3 aliphatic heterocycles. The van der Waals surface area contributed by atoms with Gasteiger partial charge in [-0.25, -0.2) is 0 Å². The van der Waals surface area contributed by atoms with Crippen molar-refractivity contribution >= 4 is 0 Å². The Kier molecular flexibility index (Phi) is 12.1. The molecule has 0 radical (unpaired) electrons. The molecule has 0 bridgehead atoms. The minimum atomic E-state index is -1.92. The zero-order valence-electron chi connectivity index (χ0n) is 20.6. The molecular formula is C21H38O18. The van der Waals surface area contributed by atoms with E-state index in [-0.39, 0.29) is 0 Å². The van der Waals surface area contributed by atoms with E-state index in [1.165, 1.54) is 0 Å². The molecule has 3 heterocycles. The average molecular weight is 579 g/mol. The fourth-order valence-electron chi connectivity index (χ4n) is 4.39. The summed E-state index contributed by atoms with van der Waals surface area (Å²) < 4.78 is 32.8. The molecule has 3 fully saturated rings. The van der Waals surface area contributed by atoms with Gasteiger partial charge >= 0.3 is 0 Å². The van der Waals surface area contributed by atoms with E-state index in [0.717, 1.165) is 0 Å². The lowest BCUT2D eigenvalue weighted by atomic mass is 9.96. The van der Waals surface area contributed by atoms with Gasteiger partial charge in [0.2, 0.25) is 0 Å². The minimum Gasteiger partial charge on any atom is -0.394 e. The summed E-state index contributed by atoms with van der Waals surface area (Å²) in [6.45, 7) is -3.62. The molecular weight excluding hydrogens is 540 g/mol. The van der Waals surface area contributed by atoms with Crippen LogP contribution in [0.25, 0.3) is 0 Å². The second kappa shape index (κ2) is 14.4. The van der Waals surface area contributed by atoms with Gasteiger partial charge in [0, 0.05) is 0 Å². The lowest BCUT2D eigenvalue weighted by Gasteiger charge is -2.48. The van der Waals surface area contributed by atoms with Gasteiger partial charge in [0.05, 0.1) is 33.0 Å². The third-order valence-electron chi connectivity index (χ3n) is 6.74. The summed E-state index contributed by atoms with van der Waals surface area (Å²) in [4.78, 5) is 0. The summed E-state index contributed by atoms with van der Waals surface area (Å²) in [7, 11) is 0. The first-order chi connectivity index (χ1) is 18.5. The van der Waals surface area contributed by atoms with Crippen LogP contribution < -0.4 is 0 Å². The van der Waals surface area contributed by atoms with Crippen LogP contribution in [0.15, 0.2) is 0 Å². The number of ether oxygens (including phenoxy) is 6. The van der Waals surface area contributed by atoms with E-state index in [1.807, 2.05) is 0 Å². The van der Waals surface area contributed by atoms with Crippen LogP contribution in [0.3, 0.4) is 0 Å². The molecule has 39 heavy (non-hydrogen) atoms. The van der Waals surface area contributed by atoms with Crippen molar-refractivity contribution < 1.29 is 89.7 Å². The standard InChI is InChI=1S/C21H38O18/c22-1-6(26)5-34-20-17(14(31)11(28)8(3-24)36-20)39-21-18(15(32)12(29)9(4-25)37-21)38-19-16(33)13(30)10(27)7(2-23)35-19/h6-33H,1-5H2/t6?,7-,8-,9-,10+,11+,12+,13+,14+,15+,16-,17-,18-,19+,20-,21+/m1/s1. The third kappa shape index (κ3) is 7.20. The normalized spacial score (nSPS) is 48.2. The predicted octanol–water partition coefficient (Wildman–Crippen LogP) is -8.20. The van der Waals surface area contributed by atoms with E-state index in [2.05, 4.69) is 0 Å². The van der Waals surface area contributed by atoms with E-state index < -0.39 is 131 Å². The molecule has 3 aliphatic rings. The topological polar surface area (TPSA) is 298 Å². The lowest BCUT2D eigenvalue weighted by Crippen LogP contribution is -2.67. The Labute approximate surface area is 221 Å². The second-order valence-electron chi connectivity index (χ2n) is 9.48. The lowest BCUT2D eigenvalue weighted by molar-refractivity contribution is -0.394. The van der Waals surface area contributed by atoms with Crippen molar-refractivity contribution in [2.45, 2.75) is 98.2 Å². The summed E-state index contributed by atoms with van der Waals surface area (Å²) in [6.07, 6.45) is -27.1.